The molecule has 0 aliphatic rings. The van der Waals surface area contributed by atoms with Gasteiger partial charge in [0.05, 0.1) is 6.54 Å². The van der Waals surface area contributed by atoms with E-state index < -0.39 is 0 Å². The summed E-state index contributed by atoms with van der Waals surface area (Å²) in [6, 6.07) is 2.02. The van der Waals surface area contributed by atoms with Crippen molar-refractivity contribution in [3.8, 4) is 0 Å². The molecule has 0 fully saturated rings. The zero-order valence-electron chi connectivity index (χ0n) is 8.84. The summed E-state index contributed by atoms with van der Waals surface area (Å²) < 4.78 is 1.07. The van der Waals surface area contributed by atoms with Crippen LogP contribution in [0.25, 0.3) is 0 Å². The molecule has 1 amide bonds. The van der Waals surface area contributed by atoms with Crippen LogP contribution in [0.15, 0.2) is 27.6 Å². The van der Waals surface area contributed by atoms with Gasteiger partial charge in [0.2, 0.25) is 5.91 Å². The highest BCUT2D eigenvalue weighted by atomic mass is 79.9. The summed E-state index contributed by atoms with van der Waals surface area (Å²) in [7, 11) is 0. The molecule has 15 heavy (non-hydrogen) atoms. The summed E-state index contributed by atoms with van der Waals surface area (Å²) in [6.07, 6.45) is 2.82. The monoisotopic (exact) mass is 287 g/mol. The van der Waals surface area contributed by atoms with E-state index in [4.69, 9.17) is 0 Å². The average Bonchev–Trinajstić information content (AvgIpc) is 2.61. The first kappa shape index (κ1) is 12.5. The average molecular weight is 288 g/mol. The van der Waals surface area contributed by atoms with Gasteiger partial charge in [0, 0.05) is 20.3 Å². The fourth-order valence-electron chi connectivity index (χ4n) is 1.15. The lowest BCUT2D eigenvalue weighted by Gasteiger charge is -2.03. The smallest absolute Gasteiger partial charge is 0.246 e. The van der Waals surface area contributed by atoms with Crippen LogP contribution in [0.5, 0.6) is 0 Å². The molecule has 1 N–H and O–H groups in total. The van der Waals surface area contributed by atoms with Crippen molar-refractivity contribution in [2.75, 3.05) is 0 Å². The van der Waals surface area contributed by atoms with Crippen molar-refractivity contribution in [2.24, 2.45) is 0 Å². The highest BCUT2D eigenvalue weighted by Crippen LogP contribution is 2.19. The van der Waals surface area contributed by atoms with Crippen molar-refractivity contribution in [1.29, 1.82) is 0 Å². The minimum atomic E-state index is 0.0152. The van der Waals surface area contributed by atoms with E-state index in [2.05, 4.69) is 21.2 Å². The van der Waals surface area contributed by atoms with E-state index in [-0.39, 0.29) is 5.91 Å². The van der Waals surface area contributed by atoms with Crippen LogP contribution in [0.1, 0.15) is 25.1 Å². The summed E-state index contributed by atoms with van der Waals surface area (Å²) in [6.45, 7) is 4.46. The summed E-state index contributed by atoms with van der Waals surface area (Å²) in [5.41, 5.74) is 0.785. The standard InChI is InChI=1S/C11H14BrNOS/c1-3-4-8(2)11(14)13-6-10-5-9(12)7-15-10/h4-5,7H,3,6H2,1-2H3,(H,13,14). The van der Waals surface area contributed by atoms with Crippen molar-refractivity contribution >= 4 is 33.2 Å². The second-order valence-corrected chi connectivity index (χ2v) is 5.12. The second kappa shape index (κ2) is 6.08. The Morgan fingerprint density at radius 2 is 2.40 bits per heavy atom. The highest BCUT2D eigenvalue weighted by molar-refractivity contribution is 9.10. The summed E-state index contributed by atoms with van der Waals surface area (Å²) in [5, 5.41) is 4.89. The van der Waals surface area contributed by atoms with Gasteiger partial charge in [-0.25, -0.2) is 0 Å². The molecular weight excluding hydrogens is 274 g/mol. The van der Waals surface area contributed by atoms with E-state index >= 15 is 0 Å². The van der Waals surface area contributed by atoms with Gasteiger partial charge < -0.3 is 5.32 Å². The number of hydrogen-bond donors (Lipinski definition) is 1. The molecule has 1 aromatic rings. The van der Waals surface area contributed by atoms with Crippen molar-refractivity contribution in [3.05, 3.63) is 32.4 Å². The number of allylic oxidation sites excluding steroid dienone is 1. The molecule has 1 heterocycles. The Hall–Kier alpha value is -0.610. The van der Waals surface area contributed by atoms with Crippen LogP contribution in [-0.4, -0.2) is 5.91 Å². The molecule has 0 atom stereocenters. The number of nitrogens with one attached hydrogen (secondary N) is 1. The molecule has 0 saturated carbocycles. The molecule has 82 valence electrons. The first-order valence-electron chi connectivity index (χ1n) is 4.81. The fourth-order valence-corrected chi connectivity index (χ4v) is 2.54. The van der Waals surface area contributed by atoms with Crippen molar-refractivity contribution in [2.45, 2.75) is 26.8 Å². The van der Waals surface area contributed by atoms with Crippen LogP contribution in [0.4, 0.5) is 0 Å². The lowest BCUT2D eigenvalue weighted by atomic mass is 10.2. The second-order valence-electron chi connectivity index (χ2n) is 3.21. The lowest BCUT2D eigenvalue weighted by molar-refractivity contribution is -0.117. The molecule has 0 radical (unpaired) electrons. The lowest BCUT2D eigenvalue weighted by Crippen LogP contribution is -2.22. The van der Waals surface area contributed by atoms with Crippen molar-refractivity contribution in [1.82, 2.24) is 5.32 Å². The minimum absolute atomic E-state index is 0.0152. The summed E-state index contributed by atoms with van der Waals surface area (Å²) >= 11 is 5.01. The van der Waals surface area contributed by atoms with E-state index in [0.717, 1.165) is 21.3 Å². The number of amides is 1. The number of thiophene rings is 1. The van der Waals surface area contributed by atoms with Gasteiger partial charge in [-0.2, -0.15) is 0 Å². The third-order valence-electron chi connectivity index (χ3n) is 1.91. The summed E-state index contributed by atoms with van der Waals surface area (Å²) in [5.74, 6) is 0.0152. The Balaban J connectivity index is 2.44. The molecule has 0 saturated heterocycles. The van der Waals surface area contributed by atoms with E-state index in [1.807, 2.05) is 31.4 Å². The Labute approximate surface area is 103 Å². The van der Waals surface area contributed by atoms with E-state index in [9.17, 15) is 4.79 Å². The van der Waals surface area contributed by atoms with Gasteiger partial charge in [-0.15, -0.1) is 11.3 Å². The quantitative estimate of drug-likeness (QED) is 0.844. The first-order valence-corrected chi connectivity index (χ1v) is 6.48. The van der Waals surface area contributed by atoms with Crippen LogP contribution < -0.4 is 5.32 Å². The number of hydrogen-bond acceptors (Lipinski definition) is 2. The largest absolute Gasteiger partial charge is 0.347 e. The van der Waals surface area contributed by atoms with Crippen molar-refractivity contribution < 1.29 is 4.79 Å². The molecule has 1 aromatic heterocycles. The number of rotatable bonds is 4. The molecular formula is C11H14BrNOS. The fraction of sp³-hybridized carbons (Fsp3) is 0.364. The molecule has 0 aromatic carbocycles. The topological polar surface area (TPSA) is 29.1 Å². The molecule has 0 spiro atoms. The number of carbonyl (C=O) groups excluding carboxylic acids is 1. The zero-order chi connectivity index (χ0) is 11.3. The van der Waals surface area contributed by atoms with Gasteiger partial charge in [-0.3, -0.25) is 4.79 Å². The predicted octanol–water partition coefficient (Wildman–Crippen LogP) is 3.48. The van der Waals surface area contributed by atoms with E-state index in [1.54, 1.807) is 11.3 Å². The normalized spacial score (nSPS) is 11.5. The molecule has 2 nitrogen and oxygen atoms in total. The number of carbonyl (C=O) groups is 1. The van der Waals surface area contributed by atoms with Crippen LogP contribution in [0.2, 0.25) is 0 Å². The zero-order valence-corrected chi connectivity index (χ0v) is 11.2. The Morgan fingerprint density at radius 1 is 1.67 bits per heavy atom. The Morgan fingerprint density at radius 3 is 2.93 bits per heavy atom. The van der Waals surface area contributed by atoms with E-state index in [1.165, 1.54) is 0 Å². The predicted molar refractivity (Wildman–Crippen MR) is 67.9 cm³/mol. The minimum Gasteiger partial charge on any atom is -0.347 e. The maximum atomic E-state index is 11.5. The molecule has 0 bridgehead atoms. The summed E-state index contributed by atoms with van der Waals surface area (Å²) in [4.78, 5) is 12.7. The molecule has 0 unspecified atom stereocenters. The van der Waals surface area contributed by atoms with Crippen LogP contribution in [-0.2, 0) is 11.3 Å². The first-order chi connectivity index (χ1) is 7.13. The maximum absolute atomic E-state index is 11.5. The van der Waals surface area contributed by atoms with Gasteiger partial charge in [-0.05, 0) is 35.3 Å². The maximum Gasteiger partial charge on any atom is 0.246 e. The van der Waals surface area contributed by atoms with Gasteiger partial charge >= 0.3 is 0 Å². The van der Waals surface area contributed by atoms with Crippen molar-refractivity contribution in [3.63, 3.8) is 0 Å². The van der Waals surface area contributed by atoms with Gasteiger partial charge in [0.1, 0.15) is 0 Å². The van der Waals surface area contributed by atoms with Gasteiger partial charge in [0.15, 0.2) is 0 Å². The molecule has 1 rings (SSSR count). The van der Waals surface area contributed by atoms with Crippen LogP contribution in [0, 0.1) is 0 Å². The van der Waals surface area contributed by atoms with E-state index in [0.29, 0.717) is 6.54 Å². The van der Waals surface area contributed by atoms with Crippen LogP contribution in [0.3, 0.4) is 0 Å². The molecule has 0 aliphatic heterocycles. The molecule has 0 aliphatic carbocycles. The Bertz CT molecular complexity index is 370. The van der Waals surface area contributed by atoms with Gasteiger partial charge in [0.25, 0.3) is 0 Å². The SMILES string of the molecule is CCC=C(C)C(=O)NCc1cc(Br)cs1. The number of halogens is 1. The third-order valence-corrected chi connectivity index (χ3v) is 3.61. The van der Waals surface area contributed by atoms with Crippen LogP contribution >= 0.6 is 27.3 Å². The highest BCUT2D eigenvalue weighted by Gasteiger charge is 2.03. The third kappa shape index (κ3) is 4.18. The molecule has 4 heteroatoms. The van der Waals surface area contributed by atoms with Gasteiger partial charge in [-0.1, -0.05) is 13.0 Å². The Kier molecular flexibility index (Phi) is 5.05.